The third-order valence-electron chi connectivity index (χ3n) is 3.50. The van der Waals surface area contributed by atoms with E-state index in [4.69, 9.17) is 4.74 Å². The van der Waals surface area contributed by atoms with Gasteiger partial charge in [-0.3, -0.25) is 4.79 Å². The maximum atomic E-state index is 11.8. The smallest absolute Gasteiger partial charge is 0.258 e. The highest BCUT2D eigenvalue weighted by atomic mass is 16.5. The van der Waals surface area contributed by atoms with Gasteiger partial charge < -0.3 is 10.1 Å². The Morgan fingerprint density at radius 1 is 1.25 bits per heavy atom. The topological polar surface area (TPSA) is 38.3 Å². The van der Waals surface area contributed by atoms with Crippen LogP contribution < -0.4 is 10.1 Å². The number of nitrogens with one attached hydrogen (secondary N) is 1. The molecule has 1 aromatic carbocycles. The third kappa shape index (κ3) is 6.09. The lowest BCUT2D eigenvalue weighted by Gasteiger charge is -2.14. The van der Waals surface area contributed by atoms with Crippen LogP contribution in [0.5, 0.6) is 5.75 Å². The summed E-state index contributed by atoms with van der Waals surface area (Å²) in [6.07, 6.45) is 4.62. The van der Waals surface area contributed by atoms with E-state index in [2.05, 4.69) is 19.2 Å². The zero-order valence-corrected chi connectivity index (χ0v) is 13.2. The molecular weight excluding hydrogens is 250 g/mol. The zero-order chi connectivity index (χ0) is 15.0. The number of benzene rings is 1. The number of unbranched alkanes of at least 4 members (excludes halogenated alkanes) is 2. The molecule has 0 fully saturated rings. The summed E-state index contributed by atoms with van der Waals surface area (Å²) in [6, 6.07) is 6.10. The van der Waals surface area contributed by atoms with Crippen LogP contribution in [0.3, 0.4) is 0 Å². The summed E-state index contributed by atoms with van der Waals surface area (Å²) in [6.45, 7) is 8.41. The van der Waals surface area contributed by atoms with Gasteiger partial charge in [0.25, 0.3) is 5.91 Å². The van der Waals surface area contributed by atoms with Gasteiger partial charge in [-0.25, -0.2) is 0 Å². The van der Waals surface area contributed by atoms with Gasteiger partial charge in [0, 0.05) is 6.04 Å². The standard InChI is InChI=1S/C17H27NO2/c1-5-6-7-8-15(4)18-17(19)12-20-16-10-9-13(2)14(3)11-16/h9-11,15H,5-8,12H2,1-4H3,(H,18,19). The zero-order valence-electron chi connectivity index (χ0n) is 13.2. The van der Waals surface area contributed by atoms with Crippen LogP contribution in [0.1, 0.15) is 50.7 Å². The SMILES string of the molecule is CCCCCC(C)NC(=O)COc1ccc(C)c(C)c1. The normalized spacial score (nSPS) is 12.0. The lowest BCUT2D eigenvalue weighted by atomic mass is 10.1. The molecule has 0 aliphatic rings. The highest BCUT2D eigenvalue weighted by Gasteiger charge is 2.08. The second kappa shape index (κ2) is 8.62. The lowest BCUT2D eigenvalue weighted by Crippen LogP contribution is -2.36. The first kappa shape index (κ1) is 16.5. The summed E-state index contributed by atoms with van der Waals surface area (Å²) in [5, 5.41) is 2.97. The molecule has 112 valence electrons. The van der Waals surface area contributed by atoms with E-state index >= 15 is 0 Å². The molecule has 0 aliphatic heterocycles. The van der Waals surface area contributed by atoms with Crippen LogP contribution in [-0.4, -0.2) is 18.6 Å². The minimum absolute atomic E-state index is 0.0489. The van der Waals surface area contributed by atoms with Crippen molar-refractivity contribution < 1.29 is 9.53 Å². The molecule has 0 aromatic heterocycles. The number of ether oxygens (including phenoxy) is 1. The van der Waals surface area contributed by atoms with Gasteiger partial charge in [0.05, 0.1) is 0 Å². The van der Waals surface area contributed by atoms with Crippen molar-refractivity contribution in [3.63, 3.8) is 0 Å². The van der Waals surface area contributed by atoms with Crippen LogP contribution in [-0.2, 0) is 4.79 Å². The van der Waals surface area contributed by atoms with Crippen LogP contribution in [0.4, 0.5) is 0 Å². The van der Waals surface area contributed by atoms with Gasteiger partial charge in [-0.1, -0.05) is 32.3 Å². The van der Waals surface area contributed by atoms with E-state index in [9.17, 15) is 4.79 Å². The van der Waals surface area contributed by atoms with Gasteiger partial charge in [-0.05, 0) is 50.5 Å². The Labute approximate surface area is 122 Å². The van der Waals surface area contributed by atoms with Crippen molar-refractivity contribution in [2.45, 2.75) is 59.4 Å². The summed E-state index contributed by atoms with van der Waals surface area (Å²) >= 11 is 0. The quantitative estimate of drug-likeness (QED) is 0.735. The highest BCUT2D eigenvalue weighted by molar-refractivity contribution is 5.77. The predicted molar refractivity (Wildman–Crippen MR) is 83.2 cm³/mol. The average Bonchev–Trinajstić information content (AvgIpc) is 2.40. The molecule has 0 aliphatic carbocycles. The Kier molecular flexibility index (Phi) is 7.13. The molecule has 1 amide bonds. The molecule has 0 heterocycles. The molecular formula is C17H27NO2. The fourth-order valence-corrected chi connectivity index (χ4v) is 2.04. The molecule has 1 atom stereocenters. The first-order valence-electron chi connectivity index (χ1n) is 7.52. The Balaban J connectivity index is 2.30. The number of carbonyl (C=O) groups excluding carboxylic acids is 1. The number of carbonyl (C=O) groups is 1. The van der Waals surface area contributed by atoms with Crippen molar-refractivity contribution in [1.82, 2.24) is 5.32 Å². The maximum Gasteiger partial charge on any atom is 0.258 e. The number of hydrogen-bond acceptors (Lipinski definition) is 2. The number of aryl methyl sites for hydroxylation is 2. The summed E-state index contributed by atoms with van der Waals surface area (Å²) in [5.41, 5.74) is 2.40. The number of hydrogen-bond donors (Lipinski definition) is 1. The summed E-state index contributed by atoms with van der Waals surface area (Å²) in [4.78, 5) is 11.8. The fraction of sp³-hybridized carbons (Fsp3) is 0.588. The number of amides is 1. The molecule has 1 aromatic rings. The van der Waals surface area contributed by atoms with Crippen LogP contribution >= 0.6 is 0 Å². The highest BCUT2D eigenvalue weighted by Crippen LogP contribution is 2.16. The fourth-order valence-electron chi connectivity index (χ4n) is 2.04. The third-order valence-corrected chi connectivity index (χ3v) is 3.50. The summed E-state index contributed by atoms with van der Waals surface area (Å²) in [7, 11) is 0. The van der Waals surface area contributed by atoms with Crippen LogP contribution in [0, 0.1) is 13.8 Å². The minimum Gasteiger partial charge on any atom is -0.484 e. The lowest BCUT2D eigenvalue weighted by molar-refractivity contribution is -0.123. The van der Waals surface area contributed by atoms with Crippen molar-refractivity contribution >= 4 is 5.91 Å². The molecule has 0 saturated carbocycles. The molecule has 1 rings (SSSR count). The van der Waals surface area contributed by atoms with E-state index in [1.165, 1.54) is 24.0 Å². The van der Waals surface area contributed by atoms with Crippen molar-refractivity contribution in [3.8, 4) is 5.75 Å². The minimum atomic E-state index is -0.0489. The molecule has 0 radical (unpaired) electrons. The predicted octanol–water partition coefficient (Wildman–Crippen LogP) is 3.77. The molecule has 1 unspecified atom stereocenters. The first-order valence-corrected chi connectivity index (χ1v) is 7.52. The van der Waals surface area contributed by atoms with Gasteiger partial charge in [-0.2, -0.15) is 0 Å². The van der Waals surface area contributed by atoms with Gasteiger partial charge in [-0.15, -0.1) is 0 Å². The van der Waals surface area contributed by atoms with Crippen molar-refractivity contribution in [2.24, 2.45) is 0 Å². The van der Waals surface area contributed by atoms with Crippen LogP contribution in [0.15, 0.2) is 18.2 Å². The number of rotatable bonds is 8. The van der Waals surface area contributed by atoms with E-state index in [0.29, 0.717) is 0 Å². The molecule has 0 bridgehead atoms. The Morgan fingerprint density at radius 3 is 2.65 bits per heavy atom. The van der Waals surface area contributed by atoms with E-state index in [0.717, 1.165) is 18.6 Å². The second-order valence-electron chi connectivity index (χ2n) is 5.50. The molecule has 20 heavy (non-hydrogen) atoms. The van der Waals surface area contributed by atoms with Crippen molar-refractivity contribution in [2.75, 3.05) is 6.61 Å². The summed E-state index contributed by atoms with van der Waals surface area (Å²) in [5.74, 6) is 0.703. The monoisotopic (exact) mass is 277 g/mol. The molecule has 1 N–H and O–H groups in total. The average molecular weight is 277 g/mol. The first-order chi connectivity index (χ1) is 9.52. The maximum absolute atomic E-state index is 11.8. The molecule has 0 spiro atoms. The van der Waals surface area contributed by atoms with Gasteiger partial charge in [0.1, 0.15) is 5.75 Å². The Bertz CT molecular complexity index is 429. The largest absolute Gasteiger partial charge is 0.484 e. The van der Waals surface area contributed by atoms with E-state index in [1.807, 2.05) is 32.0 Å². The van der Waals surface area contributed by atoms with Crippen molar-refractivity contribution in [3.05, 3.63) is 29.3 Å². The van der Waals surface area contributed by atoms with E-state index in [-0.39, 0.29) is 18.6 Å². The van der Waals surface area contributed by atoms with Gasteiger partial charge >= 0.3 is 0 Å². The molecule has 3 heteroatoms. The van der Waals surface area contributed by atoms with Gasteiger partial charge in [0.2, 0.25) is 0 Å². The Morgan fingerprint density at radius 2 is 2.00 bits per heavy atom. The molecule has 0 saturated heterocycles. The van der Waals surface area contributed by atoms with Crippen LogP contribution in [0.25, 0.3) is 0 Å². The summed E-state index contributed by atoms with van der Waals surface area (Å²) < 4.78 is 5.52. The molecule has 3 nitrogen and oxygen atoms in total. The van der Waals surface area contributed by atoms with E-state index in [1.54, 1.807) is 0 Å². The van der Waals surface area contributed by atoms with Gasteiger partial charge in [0.15, 0.2) is 6.61 Å². The Hall–Kier alpha value is -1.51. The van der Waals surface area contributed by atoms with E-state index < -0.39 is 0 Å². The second-order valence-corrected chi connectivity index (χ2v) is 5.50. The van der Waals surface area contributed by atoms with Crippen molar-refractivity contribution in [1.29, 1.82) is 0 Å². The van der Waals surface area contributed by atoms with Crippen LogP contribution in [0.2, 0.25) is 0 Å².